The van der Waals surface area contributed by atoms with Crippen molar-refractivity contribution in [2.24, 2.45) is 10.8 Å². The van der Waals surface area contributed by atoms with Gasteiger partial charge in [-0.2, -0.15) is 0 Å². The maximum absolute atomic E-state index is 12.0. The van der Waals surface area contributed by atoms with Crippen molar-refractivity contribution in [2.75, 3.05) is 6.54 Å². The van der Waals surface area contributed by atoms with Crippen LogP contribution in [0.25, 0.3) is 10.4 Å². The van der Waals surface area contributed by atoms with Gasteiger partial charge in [-0.05, 0) is 31.2 Å². The third-order valence-corrected chi connectivity index (χ3v) is 3.79. The number of carboxylic acids is 3. The molecule has 29 heavy (non-hydrogen) atoms. The Morgan fingerprint density at radius 1 is 0.897 bits per heavy atom. The molecule has 3 atom stereocenters. The zero-order valence-corrected chi connectivity index (χ0v) is 15.5. The minimum atomic E-state index is -1.41. The smallest absolute Gasteiger partial charge is 0.326 e. The number of primary amides is 1. The summed E-state index contributed by atoms with van der Waals surface area (Å²) in [6.45, 7) is 0.0586. The van der Waals surface area contributed by atoms with Crippen LogP contribution in [0.15, 0.2) is 5.11 Å². The molecule has 2 amide bonds. The average Bonchev–Trinajstić information content (AvgIpc) is 2.62. The zero-order valence-electron chi connectivity index (χ0n) is 15.5. The Bertz CT molecular complexity index is 663. The fourth-order valence-electron chi connectivity index (χ4n) is 2.30. The van der Waals surface area contributed by atoms with E-state index < -0.39 is 47.8 Å². The Balaban J connectivity index is 4.75. The number of nitrogens with one attached hydrogen (secondary N) is 2. The number of carbonyl (C=O) groups excluding carboxylic acids is 2. The molecule has 0 rings (SSSR count). The van der Waals surface area contributed by atoms with E-state index in [9.17, 15) is 29.1 Å². The van der Waals surface area contributed by atoms with E-state index in [1.807, 2.05) is 0 Å². The van der Waals surface area contributed by atoms with Crippen molar-refractivity contribution in [2.45, 2.75) is 56.7 Å². The van der Waals surface area contributed by atoms with E-state index in [0.717, 1.165) is 0 Å². The SMILES string of the molecule is [N-]=[N+]=NCCC[C@H](NC(=O)CC[C@H](N[C@@H](CCC(N)=O)C(=O)O)C(=O)O)C(=O)O. The van der Waals surface area contributed by atoms with E-state index in [1.54, 1.807) is 0 Å². The highest BCUT2D eigenvalue weighted by atomic mass is 16.4. The number of nitrogens with zero attached hydrogens (tertiary/aromatic N) is 3. The molecule has 162 valence electrons. The number of azide groups is 1. The van der Waals surface area contributed by atoms with Crippen LogP contribution in [0.1, 0.15) is 38.5 Å². The van der Waals surface area contributed by atoms with Gasteiger partial charge in [0.15, 0.2) is 0 Å². The highest BCUT2D eigenvalue weighted by molar-refractivity contribution is 5.84. The second kappa shape index (κ2) is 13.7. The minimum absolute atomic E-state index is 0.00884. The topological polar surface area (TPSA) is 245 Å². The highest BCUT2D eigenvalue weighted by Crippen LogP contribution is 2.06. The van der Waals surface area contributed by atoms with Crippen molar-refractivity contribution in [3.05, 3.63) is 10.4 Å². The van der Waals surface area contributed by atoms with Gasteiger partial charge in [0.2, 0.25) is 11.8 Å². The predicted octanol–water partition coefficient (Wildman–Crippen LogP) is -0.812. The fourth-order valence-corrected chi connectivity index (χ4v) is 2.30. The molecule has 14 nitrogen and oxygen atoms in total. The summed E-state index contributed by atoms with van der Waals surface area (Å²) < 4.78 is 0. The third kappa shape index (κ3) is 11.8. The summed E-state index contributed by atoms with van der Waals surface area (Å²) in [6, 6.07) is -4.02. The lowest BCUT2D eigenvalue weighted by Crippen LogP contribution is -2.48. The Kier molecular flexibility index (Phi) is 12.1. The molecule has 0 aromatic heterocycles. The van der Waals surface area contributed by atoms with Gasteiger partial charge >= 0.3 is 17.9 Å². The second-order valence-electron chi connectivity index (χ2n) is 6.05. The van der Waals surface area contributed by atoms with Crippen molar-refractivity contribution in [1.29, 1.82) is 0 Å². The number of hydrogen-bond acceptors (Lipinski definition) is 7. The molecule has 0 aromatic carbocycles. The first-order chi connectivity index (χ1) is 13.6. The van der Waals surface area contributed by atoms with Crippen LogP contribution in [-0.2, 0) is 24.0 Å². The van der Waals surface area contributed by atoms with Gasteiger partial charge in [0.1, 0.15) is 18.1 Å². The molecule has 7 N–H and O–H groups in total. The van der Waals surface area contributed by atoms with Crippen molar-refractivity contribution in [3.63, 3.8) is 0 Å². The summed E-state index contributed by atoms with van der Waals surface area (Å²) in [5, 5.41) is 35.3. The van der Waals surface area contributed by atoms with Crippen LogP contribution in [0, 0.1) is 0 Å². The molecule has 0 fully saturated rings. The largest absolute Gasteiger partial charge is 0.480 e. The number of hydrogen-bond donors (Lipinski definition) is 6. The summed E-state index contributed by atoms with van der Waals surface area (Å²) >= 11 is 0. The van der Waals surface area contributed by atoms with E-state index >= 15 is 0 Å². The van der Waals surface area contributed by atoms with E-state index in [0.29, 0.717) is 0 Å². The zero-order chi connectivity index (χ0) is 22.4. The maximum atomic E-state index is 12.0. The van der Waals surface area contributed by atoms with Crippen LogP contribution in [0.4, 0.5) is 0 Å². The molecule has 0 aromatic rings. The molecule has 0 unspecified atom stereocenters. The molecule has 0 bridgehead atoms. The van der Waals surface area contributed by atoms with Gasteiger partial charge in [-0.3, -0.25) is 24.5 Å². The van der Waals surface area contributed by atoms with Gasteiger partial charge < -0.3 is 26.4 Å². The second-order valence-corrected chi connectivity index (χ2v) is 6.05. The first-order valence-electron chi connectivity index (χ1n) is 8.61. The summed E-state index contributed by atoms with van der Waals surface area (Å²) in [5.74, 6) is -5.58. The minimum Gasteiger partial charge on any atom is -0.480 e. The van der Waals surface area contributed by atoms with Gasteiger partial charge in [-0.15, -0.1) is 0 Å². The molecular weight excluding hydrogens is 392 g/mol. The van der Waals surface area contributed by atoms with Crippen LogP contribution in [0.3, 0.4) is 0 Å². The molecule has 0 saturated carbocycles. The Morgan fingerprint density at radius 2 is 1.41 bits per heavy atom. The number of carboxylic acid groups (broad SMARTS) is 3. The molecular formula is C15H24N6O8. The van der Waals surface area contributed by atoms with Crippen LogP contribution in [0.2, 0.25) is 0 Å². The Morgan fingerprint density at radius 3 is 1.86 bits per heavy atom. The molecule has 0 radical (unpaired) electrons. The monoisotopic (exact) mass is 416 g/mol. The summed E-state index contributed by atoms with van der Waals surface area (Å²) in [7, 11) is 0. The molecule has 0 aliphatic carbocycles. The van der Waals surface area contributed by atoms with Crippen LogP contribution >= 0.6 is 0 Å². The number of aliphatic carboxylic acids is 3. The normalized spacial score (nSPS) is 13.4. The lowest BCUT2D eigenvalue weighted by Gasteiger charge is -2.20. The Labute approximate surface area is 165 Å². The van der Waals surface area contributed by atoms with Crippen molar-refractivity contribution >= 4 is 29.7 Å². The average molecular weight is 416 g/mol. The fraction of sp³-hybridized carbons (Fsp3) is 0.667. The van der Waals surface area contributed by atoms with E-state index in [4.69, 9.17) is 21.5 Å². The van der Waals surface area contributed by atoms with E-state index in [1.165, 1.54) is 0 Å². The quantitative estimate of drug-likeness (QED) is 0.0795. The first-order valence-corrected chi connectivity index (χ1v) is 8.61. The van der Waals surface area contributed by atoms with Crippen LogP contribution in [0.5, 0.6) is 0 Å². The van der Waals surface area contributed by atoms with Gasteiger partial charge in [0.05, 0.1) is 0 Å². The first kappa shape index (κ1) is 25.6. The molecule has 0 heterocycles. The third-order valence-electron chi connectivity index (χ3n) is 3.79. The van der Waals surface area contributed by atoms with Crippen molar-refractivity contribution in [1.82, 2.24) is 10.6 Å². The van der Waals surface area contributed by atoms with Gasteiger partial charge in [-0.1, -0.05) is 5.11 Å². The lowest BCUT2D eigenvalue weighted by molar-refractivity contribution is -0.144. The molecule has 14 heteroatoms. The molecule has 0 aliphatic heterocycles. The van der Waals surface area contributed by atoms with E-state index in [-0.39, 0.29) is 45.1 Å². The van der Waals surface area contributed by atoms with Gasteiger partial charge in [0.25, 0.3) is 0 Å². The number of carbonyl (C=O) groups is 5. The molecule has 0 saturated heterocycles. The van der Waals surface area contributed by atoms with Gasteiger partial charge in [-0.25, -0.2) is 4.79 Å². The van der Waals surface area contributed by atoms with Crippen molar-refractivity contribution in [3.8, 4) is 0 Å². The molecule has 0 spiro atoms. The Hall–Kier alpha value is -3.38. The summed E-state index contributed by atoms with van der Waals surface area (Å²) in [6.07, 6.45) is -0.964. The summed E-state index contributed by atoms with van der Waals surface area (Å²) in [4.78, 5) is 59.0. The summed E-state index contributed by atoms with van der Waals surface area (Å²) in [5.41, 5.74) is 13.1. The standard InChI is InChI=1S/C15H24N6O8/c16-11(22)5-3-9(14(26)27)19-10(15(28)29)4-6-12(23)20-8(13(24)25)2-1-7-18-21-17/h8-10,19H,1-7H2,(H2,16,22)(H,20,23)(H,24,25)(H,26,27)(H,28,29)/t8-,9-,10-/m0/s1. The predicted molar refractivity (Wildman–Crippen MR) is 96.5 cm³/mol. The van der Waals surface area contributed by atoms with Gasteiger partial charge in [0, 0.05) is 24.3 Å². The van der Waals surface area contributed by atoms with Crippen molar-refractivity contribution < 1.29 is 39.3 Å². The van der Waals surface area contributed by atoms with Crippen LogP contribution in [-0.4, -0.2) is 69.7 Å². The number of amides is 2. The number of rotatable bonds is 16. The lowest BCUT2D eigenvalue weighted by atomic mass is 10.1. The number of nitrogens with two attached hydrogens (primary N) is 1. The molecule has 0 aliphatic rings. The van der Waals surface area contributed by atoms with E-state index in [2.05, 4.69) is 20.7 Å². The maximum Gasteiger partial charge on any atom is 0.326 e. The highest BCUT2D eigenvalue weighted by Gasteiger charge is 2.27. The van der Waals surface area contributed by atoms with Crippen LogP contribution < -0.4 is 16.4 Å².